The molecule has 0 spiro atoms. The molecule has 0 unspecified atom stereocenters. The lowest BCUT2D eigenvalue weighted by atomic mass is 10.2. The number of hydrogen-bond acceptors (Lipinski definition) is 3. The minimum absolute atomic E-state index is 0.0200. The molecule has 6 heteroatoms. The van der Waals surface area contributed by atoms with Crippen LogP contribution in [-0.4, -0.2) is 52.4 Å². The first-order valence-corrected chi connectivity index (χ1v) is 11.2. The van der Waals surface area contributed by atoms with Crippen molar-refractivity contribution < 1.29 is 14.3 Å². The van der Waals surface area contributed by atoms with Gasteiger partial charge in [0.1, 0.15) is 6.61 Å². The summed E-state index contributed by atoms with van der Waals surface area (Å²) in [4.78, 5) is 29.5. The average Bonchev–Trinajstić information content (AvgIpc) is 3.15. The molecule has 0 saturated heterocycles. The number of amides is 2. The minimum Gasteiger partial charge on any atom is -0.367 e. The Morgan fingerprint density at radius 2 is 1.77 bits per heavy atom. The number of unbranched alkanes of at least 4 members (excludes halogenated alkanes) is 1. The van der Waals surface area contributed by atoms with E-state index < -0.39 is 0 Å². The second kappa shape index (κ2) is 13.0. The third-order valence-electron chi connectivity index (χ3n) is 5.14. The molecule has 0 radical (unpaired) electrons. The Morgan fingerprint density at radius 3 is 2.39 bits per heavy atom. The molecule has 1 aromatic carbocycles. The minimum atomic E-state index is -0.138. The van der Waals surface area contributed by atoms with Crippen LogP contribution in [0.15, 0.2) is 48.7 Å². The van der Waals surface area contributed by atoms with Crippen molar-refractivity contribution in [2.45, 2.75) is 46.8 Å². The summed E-state index contributed by atoms with van der Waals surface area (Å²) in [5, 5.41) is 0. The highest BCUT2D eigenvalue weighted by Crippen LogP contribution is 2.10. The molecule has 0 atom stereocenters. The van der Waals surface area contributed by atoms with E-state index >= 15 is 0 Å². The number of carbonyl (C=O) groups excluding carboxylic acids is 2. The highest BCUT2D eigenvalue weighted by atomic mass is 16.5. The molecule has 0 saturated carbocycles. The van der Waals surface area contributed by atoms with Crippen molar-refractivity contribution >= 4 is 11.8 Å². The van der Waals surface area contributed by atoms with Gasteiger partial charge in [-0.05, 0) is 30.0 Å². The van der Waals surface area contributed by atoms with Gasteiger partial charge in [0.25, 0.3) is 0 Å². The second-order valence-corrected chi connectivity index (χ2v) is 8.43. The molecule has 1 heterocycles. The third kappa shape index (κ3) is 8.58. The summed E-state index contributed by atoms with van der Waals surface area (Å²) >= 11 is 0. The Balaban J connectivity index is 1.98. The van der Waals surface area contributed by atoms with Gasteiger partial charge >= 0.3 is 0 Å². The summed E-state index contributed by atoms with van der Waals surface area (Å²) in [5.41, 5.74) is 2.10. The Bertz CT molecular complexity index is 801. The van der Waals surface area contributed by atoms with E-state index in [1.54, 1.807) is 4.90 Å². The van der Waals surface area contributed by atoms with E-state index in [-0.39, 0.29) is 25.0 Å². The van der Waals surface area contributed by atoms with Crippen LogP contribution in [-0.2, 0) is 34.5 Å². The number of rotatable bonds is 13. The number of hydrogen-bond donors (Lipinski definition) is 0. The maximum atomic E-state index is 13.2. The Kier molecular flexibility index (Phi) is 10.3. The van der Waals surface area contributed by atoms with Crippen molar-refractivity contribution in [3.8, 4) is 0 Å². The molecule has 170 valence electrons. The van der Waals surface area contributed by atoms with E-state index in [0.717, 1.165) is 24.1 Å². The Morgan fingerprint density at radius 1 is 1.03 bits per heavy atom. The smallest absolute Gasteiger partial charge is 0.249 e. The van der Waals surface area contributed by atoms with Crippen LogP contribution in [0.1, 0.15) is 44.9 Å². The van der Waals surface area contributed by atoms with E-state index in [4.69, 9.17) is 4.74 Å². The molecule has 0 aliphatic rings. The van der Waals surface area contributed by atoms with Gasteiger partial charge in [0.15, 0.2) is 0 Å². The fraction of sp³-hybridized carbons (Fsp3) is 0.520. The van der Waals surface area contributed by atoms with E-state index in [9.17, 15) is 9.59 Å². The van der Waals surface area contributed by atoms with E-state index in [1.807, 2.05) is 65.2 Å². The van der Waals surface area contributed by atoms with Crippen LogP contribution in [0.4, 0.5) is 0 Å². The fourth-order valence-electron chi connectivity index (χ4n) is 3.38. The van der Waals surface area contributed by atoms with Crippen molar-refractivity contribution in [1.29, 1.82) is 0 Å². The van der Waals surface area contributed by atoms with Crippen LogP contribution < -0.4 is 0 Å². The molecule has 1 aromatic heterocycles. The predicted molar refractivity (Wildman–Crippen MR) is 123 cm³/mol. The monoisotopic (exact) mass is 427 g/mol. The molecule has 2 amide bonds. The van der Waals surface area contributed by atoms with Gasteiger partial charge < -0.3 is 19.1 Å². The third-order valence-corrected chi connectivity index (χ3v) is 5.14. The average molecular weight is 428 g/mol. The van der Waals surface area contributed by atoms with E-state index in [1.165, 1.54) is 0 Å². The zero-order valence-corrected chi connectivity index (χ0v) is 19.4. The molecule has 2 rings (SSSR count). The highest BCUT2D eigenvalue weighted by Gasteiger charge is 2.22. The maximum Gasteiger partial charge on any atom is 0.249 e. The lowest BCUT2D eigenvalue weighted by Crippen LogP contribution is -2.45. The standard InChI is InChI=1S/C25H37N3O3/c1-5-6-15-27(25(30)20-31-19-22-11-8-7-9-12-22)18-24(29)28(16-21(2)3)17-23-13-10-14-26(23)4/h7-14,21H,5-6,15-20H2,1-4H3. The van der Waals surface area contributed by atoms with Gasteiger partial charge in [0.2, 0.25) is 11.8 Å². The van der Waals surface area contributed by atoms with Crippen LogP contribution in [0.3, 0.4) is 0 Å². The zero-order chi connectivity index (χ0) is 22.6. The maximum absolute atomic E-state index is 13.2. The normalized spacial score (nSPS) is 11.0. The fourth-order valence-corrected chi connectivity index (χ4v) is 3.38. The van der Waals surface area contributed by atoms with Crippen LogP contribution in [0.2, 0.25) is 0 Å². The predicted octanol–water partition coefficient (Wildman–Crippen LogP) is 3.86. The topological polar surface area (TPSA) is 54.8 Å². The van der Waals surface area contributed by atoms with E-state index in [2.05, 4.69) is 20.8 Å². The van der Waals surface area contributed by atoms with Gasteiger partial charge in [-0.1, -0.05) is 57.5 Å². The SMILES string of the molecule is CCCCN(CC(=O)N(Cc1cccn1C)CC(C)C)C(=O)COCc1ccccc1. The number of aryl methyl sites for hydroxylation is 1. The molecule has 0 bridgehead atoms. The Hall–Kier alpha value is -2.60. The van der Waals surface area contributed by atoms with Crippen LogP contribution in [0.5, 0.6) is 0 Å². The number of nitrogens with zero attached hydrogens (tertiary/aromatic N) is 3. The van der Waals surface area contributed by atoms with Gasteiger partial charge in [0, 0.05) is 32.0 Å². The molecule has 6 nitrogen and oxygen atoms in total. The quantitative estimate of drug-likeness (QED) is 0.488. The molecular weight excluding hydrogens is 390 g/mol. The lowest BCUT2D eigenvalue weighted by molar-refractivity contribution is -0.144. The summed E-state index contributed by atoms with van der Waals surface area (Å²) < 4.78 is 7.66. The van der Waals surface area contributed by atoms with Gasteiger partial charge in [-0.25, -0.2) is 0 Å². The molecule has 0 N–H and O–H groups in total. The zero-order valence-electron chi connectivity index (χ0n) is 19.4. The summed E-state index contributed by atoms with van der Waals surface area (Å²) in [5.74, 6) is 0.182. The van der Waals surface area contributed by atoms with Crippen LogP contribution >= 0.6 is 0 Å². The van der Waals surface area contributed by atoms with Crippen molar-refractivity contribution in [3.05, 3.63) is 59.9 Å². The van der Waals surface area contributed by atoms with Crippen LogP contribution in [0, 0.1) is 5.92 Å². The number of carbonyl (C=O) groups is 2. The molecule has 31 heavy (non-hydrogen) atoms. The van der Waals surface area contributed by atoms with Crippen molar-refractivity contribution in [1.82, 2.24) is 14.4 Å². The number of ether oxygens (including phenoxy) is 1. The highest BCUT2D eigenvalue weighted by molar-refractivity contribution is 5.85. The van der Waals surface area contributed by atoms with Crippen molar-refractivity contribution in [2.24, 2.45) is 13.0 Å². The molecular formula is C25H37N3O3. The van der Waals surface area contributed by atoms with Gasteiger partial charge in [-0.2, -0.15) is 0 Å². The summed E-state index contributed by atoms with van der Waals surface area (Å²) in [6.45, 7) is 8.50. The Labute approximate surface area is 186 Å². The van der Waals surface area contributed by atoms with E-state index in [0.29, 0.717) is 32.2 Å². The van der Waals surface area contributed by atoms with Crippen molar-refractivity contribution in [2.75, 3.05) is 26.2 Å². The van der Waals surface area contributed by atoms with Gasteiger partial charge in [-0.15, -0.1) is 0 Å². The van der Waals surface area contributed by atoms with Gasteiger partial charge in [0.05, 0.1) is 19.7 Å². The molecule has 0 fully saturated rings. The molecule has 0 aliphatic carbocycles. The lowest BCUT2D eigenvalue weighted by Gasteiger charge is -2.29. The summed E-state index contributed by atoms with van der Waals surface area (Å²) in [6, 6.07) is 13.8. The summed E-state index contributed by atoms with van der Waals surface area (Å²) in [6.07, 6.45) is 3.80. The first-order valence-electron chi connectivity index (χ1n) is 11.2. The molecule has 2 aromatic rings. The first kappa shape index (κ1) is 24.7. The van der Waals surface area contributed by atoms with Gasteiger partial charge in [-0.3, -0.25) is 9.59 Å². The number of aromatic nitrogens is 1. The first-order chi connectivity index (χ1) is 14.9. The van der Waals surface area contributed by atoms with Crippen LogP contribution in [0.25, 0.3) is 0 Å². The largest absolute Gasteiger partial charge is 0.367 e. The number of benzene rings is 1. The molecule has 0 aliphatic heterocycles. The van der Waals surface area contributed by atoms with Crippen molar-refractivity contribution in [3.63, 3.8) is 0 Å². The summed E-state index contributed by atoms with van der Waals surface area (Å²) in [7, 11) is 1.98. The second-order valence-electron chi connectivity index (χ2n) is 8.43.